The summed E-state index contributed by atoms with van der Waals surface area (Å²) >= 11 is 0. The molecule has 1 aromatic carbocycles. The second kappa shape index (κ2) is 4.35. The molecule has 0 heterocycles. The quantitative estimate of drug-likeness (QED) is 0.913. The Kier molecular flexibility index (Phi) is 3.28. The molecule has 0 radical (unpaired) electrons. The Morgan fingerprint density at radius 2 is 1.78 bits per heavy atom. The van der Waals surface area contributed by atoms with E-state index in [-0.39, 0.29) is 5.41 Å². The number of benzene rings is 1. The van der Waals surface area contributed by atoms with E-state index in [0.29, 0.717) is 16.9 Å². The van der Waals surface area contributed by atoms with Gasteiger partial charge in [0.15, 0.2) is 9.84 Å². The van der Waals surface area contributed by atoms with Crippen molar-refractivity contribution in [2.75, 3.05) is 13.3 Å². The van der Waals surface area contributed by atoms with E-state index in [1.165, 1.54) is 11.8 Å². The van der Waals surface area contributed by atoms with Crippen molar-refractivity contribution in [1.29, 1.82) is 0 Å². The molecule has 0 bridgehead atoms. The molecule has 2 rings (SSSR count). The summed E-state index contributed by atoms with van der Waals surface area (Å²) < 4.78 is 22.8. The molecule has 0 amide bonds. The van der Waals surface area contributed by atoms with Crippen LogP contribution in [-0.2, 0) is 9.84 Å². The lowest BCUT2D eigenvalue weighted by Gasteiger charge is -2.52. The van der Waals surface area contributed by atoms with E-state index in [0.717, 1.165) is 6.42 Å². The maximum atomic E-state index is 11.4. The van der Waals surface area contributed by atoms with Crippen molar-refractivity contribution in [2.24, 2.45) is 5.41 Å². The van der Waals surface area contributed by atoms with Crippen LogP contribution in [-0.4, -0.2) is 27.8 Å². The molecule has 1 saturated carbocycles. The number of nitrogens with one attached hydrogen (secondary N) is 1. The van der Waals surface area contributed by atoms with Gasteiger partial charge in [0.1, 0.15) is 0 Å². The van der Waals surface area contributed by atoms with Crippen molar-refractivity contribution in [3.63, 3.8) is 0 Å². The van der Waals surface area contributed by atoms with Crippen LogP contribution in [0.2, 0.25) is 0 Å². The average Bonchev–Trinajstić information content (AvgIpc) is 2.28. The van der Waals surface area contributed by atoms with Crippen LogP contribution in [0.15, 0.2) is 29.2 Å². The van der Waals surface area contributed by atoms with E-state index in [9.17, 15) is 8.42 Å². The van der Waals surface area contributed by atoms with Crippen molar-refractivity contribution in [3.05, 3.63) is 29.8 Å². The van der Waals surface area contributed by atoms with Gasteiger partial charge in [-0.3, -0.25) is 0 Å². The summed E-state index contributed by atoms with van der Waals surface area (Å²) in [6.07, 6.45) is 2.36. The highest BCUT2D eigenvalue weighted by molar-refractivity contribution is 7.90. The first kappa shape index (κ1) is 13.6. The molecule has 0 spiro atoms. The van der Waals surface area contributed by atoms with Crippen LogP contribution in [0.4, 0.5) is 0 Å². The molecule has 1 aliphatic carbocycles. The van der Waals surface area contributed by atoms with Gasteiger partial charge in [0.2, 0.25) is 0 Å². The van der Waals surface area contributed by atoms with Crippen LogP contribution in [0.5, 0.6) is 0 Å². The van der Waals surface area contributed by atoms with Crippen LogP contribution < -0.4 is 5.32 Å². The molecule has 2 unspecified atom stereocenters. The number of rotatable bonds is 3. The maximum absolute atomic E-state index is 11.4. The molecule has 0 aliphatic heterocycles. The monoisotopic (exact) mass is 267 g/mol. The predicted molar refractivity (Wildman–Crippen MR) is 73.5 cm³/mol. The zero-order valence-corrected chi connectivity index (χ0v) is 12.2. The van der Waals surface area contributed by atoms with Crippen molar-refractivity contribution in [3.8, 4) is 0 Å². The van der Waals surface area contributed by atoms with E-state index in [2.05, 4.69) is 19.2 Å². The fraction of sp³-hybridized carbons (Fsp3) is 0.571. The molecular weight excluding hydrogens is 246 g/mol. The first-order valence-corrected chi connectivity index (χ1v) is 8.13. The number of hydrogen-bond donors (Lipinski definition) is 1. The average molecular weight is 267 g/mol. The molecule has 1 aliphatic rings. The molecular formula is C14H21NO2S. The smallest absolute Gasteiger partial charge is 0.175 e. The molecule has 1 N–H and O–H groups in total. The third kappa shape index (κ3) is 2.19. The number of hydrogen-bond acceptors (Lipinski definition) is 3. The third-order valence-corrected chi connectivity index (χ3v) is 5.46. The molecule has 1 aromatic rings. The van der Waals surface area contributed by atoms with Gasteiger partial charge in [-0.05, 0) is 42.5 Å². The topological polar surface area (TPSA) is 46.2 Å². The zero-order chi connectivity index (χ0) is 13.6. The summed E-state index contributed by atoms with van der Waals surface area (Å²) in [5.41, 5.74) is 1.46. The van der Waals surface area contributed by atoms with Gasteiger partial charge < -0.3 is 5.32 Å². The summed E-state index contributed by atoms with van der Waals surface area (Å²) in [7, 11) is -1.10. The molecule has 0 saturated heterocycles. The van der Waals surface area contributed by atoms with E-state index in [1.54, 1.807) is 12.1 Å². The van der Waals surface area contributed by atoms with Gasteiger partial charge in [-0.1, -0.05) is 26.0 Å². The van der Waals surface area contributed by atoms with E-state index in [1.807, 2.05) is 19.2 Å². The molecule has 3 nitrogen and oxygen atoms in total. The van der Waals surface area contributed by atoms with Crippen LogP contribution in [0, 0.1) is 5.41 Å². The third-order valence-electron chi connectivity index (χ3n) is 4.33. The predicted octanol–water partition coefficient (Wildman–Crippen LogP) is 2.19. The second-order valence-electron chi connectivity index (χ2n) is 5.79. The highest BCUT2D eigenvalue weighted by Gasteiger charge is 2.47. The minimum absolute atomic E-state index is 0.224. The Morgan fingerprint density at radius 3 is 2.17 bits per heavy atom. The Bertz CT molecular complexity index is 531. The summed E-state index contributed by atoms with van der Waals surface area (Å²) in [5.74, 6) is 0.503. The van der Waals surface area contributed by atoms with Crippen LogP contribution in [0.3, 0.4) is 0 Å². The van der Waals surface area contributed by atoms with Crippen molar-refractivity contribution in [2.45, 2.75) is 37.1 Å². The summed E-state index contributed by atoms with van der Waals surface area (Å²) in [6, 6.07) is 7.88. The fourth-order valence-corrected chi connectivity index (χ4v) is 3.56. The Labute approximate surface area is 110 Å². The highest BCUT2D eigenvalue weighted by atomic mass is 32.2. The normalized spacial score (nSPS) is 26.7. The van der Waals surface area contributed by atoms with Crippen LogP contribution in [0.25, 0.3) is 0 Å². The minimum atomic E-state index is -3.09. The first-order chi connectivity index (χ1) is 8.26. The maximum Gasteiger partial charge on any atom is 0.175 e. The molecule has 4 heteroatoms. The lowest BCUT2D eigenvalue weighted by atomic mass is 9.56. The van der Waals surface area contributed by atoms with Gasteiger partial charge in [-0.15, -0.1) is 0 Å². The summed E-state index contributed by atoms with van der Waals surface area (Å²) in [6.45, 7) is 4.51. The van der Waals surface area contributed by atoms with Crippen molar-refractivity contribution in [1.82, 2.24) is 5.32 Å². The highest BCUT2D eigenvalue weighted by Crippen LogP contribution is 2.52. The van der Waals surface area contributed by atoms with Gasteiger partial charge in [-0.2, -0.15) is 0 Å². The van der Waals surface area contributed by atoms with Crippen LogP contribution in [0.1, 0.15) is 31.7 Å². The largest absolute Gasteiger partial charge is 0.316 e. The van der Waals surface area contributed by atoms with Gasteiger partial charge in [0, 0.05) is 12.3 Å². The second-order valence-corrected chi connectivity index (χ2v) is 7.81. The van der Waals surface area contributed by atoms with Crippen LogP contribution >= 0.6 is 0 Å². The lowest BCUT2D eigenvalue weighted by Crippen LogP contribution is -2.54. The van der Waals surface area contributed by atoms with E-state index in [4.69, 9.17) is 0 Å². The first-order valence-electron chi connectivity index (χ1n) is 6.24. The lowest BCUT2D eigenvalue weighted by molar-refractivity contribution is 0.0751. The fourth-order valence-electron chi connectivity index (χ4n) is 2.93. The van der Waals surface area contributed by atoms with E-state index < -0.39 is 9.84 Å². The summed E-state index contributed by atoms with van der Waals surface area (Å²) in [5, 5.41) is 3.33. The standard InChI is InChI=1S/C14H21NO2S/c1-14(2)12(9-13(14)15-3)10-5-7-11(8-6-10)18(4,16)17/h5-8,12-13,15H,9H2,1-4H3. The summed E-state index contributed by atoms with van der Waals surface area (Å²) in [4.78, 5) is 0.397. The van der Waals surface area contributed by atoms with Gasteiger partial charge >= 0.3 is 0 Å². The Morgan fingerprint density at radius 1 is 1.22 bits per heavy atom. The van der Waals surface area contributed by atoms with E-state index >= 15 is 0 Å². The molecule has 2 atom stereocenters. The SMILES string of the molecule is CNC1CC(c2ccc(S(C)(=O)=O)cc2)C1(C)C. The Hall–Kier alpha value is -0.870. The van der Waals surface area contributed by atoms with Gasteiger partial charge in [-0.25, -0.2) is 8.42 Å². The number of sulfone groups is 1. The molecule has 0 aromatic heterocycles. The zero-order valence-electron chi connectivity index (χ0n) is 11.4. The molecule has 1 fully saturated rings. The minimum Gasteiger partial charge on any atom is -0.316 e. The molecule has 18 heavy (non-hydrogen) atoms. The Balaban J connectivity index is 2.23. The van der Waals surface area contributed by atoms with Gasteiger partial charge in [0.05, 0.1) is 4.90 Å². The van der Waals surface area contributed by atoms with Crippen molar-refractivity contribution < 1.29 is 8.42 Å². The molecule has 100 valence electrons. The van der Waals surface area contributed by atoms with Gasteiger partial charge in [0.25, 0.3) is 0 Å². The van der Waals surface area contributed by atoms with Crippen molar-refractivity contribution >= 4 is 9.84 Å².